The third-order valence-corrected chi connectivity index (χ3v) is 0.925. The highest BCUT2D eigenvalue weighted by Crippen LogP contribution is 1.79. The number of hydrogen-bond donors (Lipinski definition) is 0. The maximum Gasteiger partial charge on any atom is 0.128 e. The quantitative estimate of drug-likeness (QED) is 0.419. The van der Waals surface area contributed by atoms with Crippen LogP contribution in [0.15, 0.2) is 0 Å². The molecule has 1 heterocycles. The van der Waals surface area contributed by atoms with Crippen LogP contribution < -0.4 is 0 Å². The molecule has 38 valence electrons. The first-order valence-electron chi connectivity index (χ1n) is 1.73. The lowest BCUT2D eigenvalue weighted by atomic mass is 10.8. The van der Waals surface area contributed by atoms with Gasteiger partial charge in [0.15, 0.2) is 0 Å². The van der Waals surface area contributed by atoms with E-state index in [0.717, 1.165) is 0 Å². The summed E-state index contributed by atoms with van der Waals surface area (Å²) < 4.78 is 1.19. The van der Waals surface area contributed by atoms with Crippen molar-refractivity contribution < 1.29 is 0 Å². The monoisotopic (exact) mass is 115 g/mol. The minimum Gasteiger partial charge on any atom is -0.662 e. The lowest BCUT2D eigenvalue weighted by Gasteiger charge is -1.99. The van der Waals surface area contributed by atoms with Gasteiger partial charge in [-0.05, 0) is 12.1 Å². The lowest BCUT2D eigenvalue weighted by molar-refractivity contribution is 0.854. The van der Waals surface area contributed by atoms with E-state index in [9.17, 15) is 0 Å². The normalized spacial score (nSPS) is 9.29. The predicted molar refractivity (Wildman–Crippen MR) is 25.3 cm³/mol. The molecule has 0 bridgehead atoms. The smallest absolute Gasteiger partial charge is 0.128 e. The minimum atomic E-state index is 0.648. The van der Waals surface area contributed by atoms with Gasteiger partial charge in [-0.2, -0.15) is 0 Å². The second-order valence-corrected chi connectivity index (χ2v) is 1.44. The topological polar surface area (TPSA) is 43.6 Å². The molecule has 0 spiro atoms. The van der Waals surface area contributed by atoms with Crippen LogP contribution in [0.2, 0.25) is 0 Å². The molecule has 0 radical (unpaired) electrons. The number of tetrazole rings is 1. The molecule has 0 aliphatic carbocycles. The van der Waals surface area contributed by atoms with Gasteiger partial charge in [0.05, 0.1) is 0 Å². The third-order valence-electron chi connectivity index (χ3n) is 0.588. The Morgan fingerprint density at radius 1 is 1.71 bits per heavy atom. The molecule has 0 N–H and O–H groups in total. The molecule has 0 aromatic carbocycles. The van der Waals surface area contributed by atoms with Crippen LogP contribution in [0, 0.1) is 6.92 Å². The van der Waals surface area contributed by atoms with Crippen LogP contribution in [0.1, 0.15) is 5.82 Å². The molecule has 0 saturated heterocycles. The highest BCUT2D eigenvalue weighted by molar-refractivity contribution is 7.56. The van der Waals surface area contributed by atoms with Gasteiger partial charge in [0.1, 0.15) is 5.82 Å². The van der Waals surface area contributed by atoms with Gasteiger partial charge in [-0.1, -0.05) is 5.21 Å². The van der Waals surface area contributed by atoms with Crippen molar-refractivity contribution in [3.05, 3.63) is 5.82 Å². The molecule has 0 atom stereocenters. The molecule has 0 amide bonds. The summed E-state index contributed by atoms with van der Waals surface area (Å²) in [4.78, 5) is 0. The third kappa shape index (κ3) is 0.663. The van der Waals surface area contributed by atoms with Gasteiger partial charge in [0.2, 0.25) is 0 Å². The molecule has 1 aromatic rings. The molecule has 5 heteroatoms. The molecule has 0 aliphatic rings. The Kier molecular flexibility index (Phi) is 0.900. The summed E-state index contributed by atoms with van der Waals surface area (Å²) in [6.45, 7) is 1.74. The van der Waals surface area contributed by atoms with E-state index in [0.29, 0.717) is 5.82 Å². The Bertz CT molecular complexity index is 142. The van der Waals surface area contributed by atoms with Gasteiger partial charge in [-0.15, -0.1) is 5.10 Å². The fraction of sp³-hybridized carbons (Fsp3) is 0.500. The number of aromatic nitrogens is 4. The van der Waals surface area contributed by atoms with E-state index in [1.165, 1.54) is 4.09 Å². The first kappa shape index (κ1) is 4.45. The molecular formula is C2H3N4S-. The van der Waals surface area contributed by atoms with E-state index in [1.54, 1.807) is 6.92 Å². The van der Waals surface area contributed by atoms with Crippen molar-refractivity contribution in [2.45, 2.75) is 6.92 Å². The fourth-order valence-electron chi connectivity index (χ4n) is 0.224. The highest BCUT2D eigenvalue weighted by atomic mass is 32.1. The zero-order chi connectivity index (χ0) is 5.28. The van der Waals surface area contributed by atoms with Crippen molar-refractivity contribution in [3.8, 4) is 0 Å². The van der Waals surface area contributed by atoms with Crippen LogP contribution >= 0.6 is 0 Å². The Labute approximate surface area is 46.1 Å². The summed E-state index contributed by atoms with van der Waals surface area (Å²) in [7, 11) is 0. The first-order chi connectivity index (χ1) is 3.30. The number of nitrogens with zero attached hydrogens (tertiary/aromatic N) is 4. The van der Waals surface area contributed by atoms with Crippen molar-refractivity contribution in [2.24, 2.45) is 0 Å². The molecule has 4 nitrogen and oxygen atoms in total. The summed E-state index contributed by atoms with van der Waals surface area (Å²) in [5.74, 6) is 0.648. The summed E-state index contributed by atoms with van der Waals surface area (Å²) in [6.07, 6.45) is 0. The van der Waals surface area contributed by atoms with Gasteiger partial charge in [-0.3, -0.25) is 0 Å². The van der Waals surface area contributed by atoms with Crippen molar-refractivity contribution >= 4 is 12.8 Å². The summed E-state index contributed by atoms with van der Waals surface area (Å²) in [5.41, 5.74) is 0. The molecule has 0 unspecified atom stereocenters. The van der Waals surface area contributed by atoms with Crippen molar-refractivity contribution in [2.75, 3.05) is 0 Å². The van der Waals surface area contributed by atoms with Gasteiger partial charge in [0.25, 0.3) is 0 Å². The van der Waals surface area contributed by atoms with Crippen LogP contribution in [0.25, 0.3) is 0 Å². The van der Waals surface area contributed by atoms with Crippen LogP contribution in [0.5, 0.6) is 0 Å². The molecule has 0 saturated carbocycles. The van der Waals surface area contributed by atoms with Crippen molar-refractivity contribution in [3.63, 3.8) is 0 Å². The maximum absolute atomic E-state index is 4.57. The van der Waals surface area contributed by atoms with E-state index in [4.69, 9.17) is 0 Å². The number of rotatable bonds is 0. The van der Waals surface area contributed by atoms with Gasteiger partial charge >= 0.3 is 0 Å². The maximum atomic E-state index is 4.57. The Balaban J connectivity index is 3.12. The molecule has 7 heavy (non-hydrogen) atoms. The van der Waals surface area contributed by atoms with Gasteiger partial charge < -0.3 is 16.9 Å². The van der Waals surface area contributed by atoms with Gasteiger partial charge in [-0.25, -0.2) is 0 Å². The number of aryl methyl sites for hydroxylation is 1. The van der Waals surface area contributed by atoms with E-state index < -0.39 is 0 Å². The van der Waals surface area contributed by atoms with E-state index >= 15 is 0 Å². The second kappa shape index (κ2) is 1.42. The first-order valence-corrected chi connectivity index (χ1v) is 2.09. The van der Waals surface area contributed by atoms with Crippen LogP contribution in [-0.2, 0) is 12.8 Å². The molecular weight excluding hydrogens is 112 g/mol. The second-order valence-electron chi connectivity index (χ2n) is 1.10. The van der Waals surface area contributed by atoms with Gasteiger partial charge in [0, 0.05) is 0 Å². The molecule has 1 rings (SSSR count). The lowest BCUT2D eigenvalue weighted by Crippen LogP contribution is -1.90. The largest absolute Gasteiger partial charge is 0.662 e. The highest BCUT2D eigenvalue weighted by Gasteiger charge is 1.81. The zero-order valence-corrected chi connectivity index (χ0v) is 4.51. The van der Waals surface area contributed by atoms with Crippen molar-refractivity contribution in [1.82, 2.24) is 19.6 Å². The standard InChI is InChI=1S/C2H3N4S/c1-2-3-4-5-6(2)7/h1H3/q-1. The predicted octanol–water partition coefficient (Wildman–Crippen LogP) is -0.708. The minimum absolute atomic E-state index is 0.648. The Morgan fingerprint density at radius 3 is 2.57 bits per heavy atom. The van der Waals surface area contributed by atoms with E-state index in [-0.39, 0.29) is 0 Å². The summed E-state index contributed by atoms with van der Waals surface area (Å²) in [6, 6.07) is 0. The number of hydrogen-bond acceptors (Lipinski definition) is 4. The summed E-state index contributed by atoms with van der Waals surface area (Å²) in [5, 5.41) is 10.2. The van der Waals surface area contributed by atoms with E-state index in [2.05, 4.69) is 28.3 Å². The Morgan fingerprint density at radius 2 is 2.43 bits per heavy atom. The average Bonchev–Trinajstić information content (AvgIpc) is 1.91. The zero-order valence-electron chi connectivity index (χ0n) is 3.70. The molecule has 0 fully saturated rings. The summed E-state index contributed by atoms with van der Waals surface area (Å²) >= 11 is 4.57. The average molecular weight is 115 g/mol. The van der Waals surface area contributed by atoms with Crippen LogP contribution in [0.3, 0.4) is 0 Å². The van der Waals surface area contributed by atoms with E-state index in [1.807, 2.05) is 0 Å². The van der Waals surface area contributed by atoms with Crippen LogP contribution in [-0.4, -0.2) is 19.6 Å². The molecule has 1 aromatic heterocycles. The fourth-order valence-corrected chi connectivity index (χ4v) is 0.293. The Hall–Kier alpha value is -0.710. The van der Waals surface area contributed by atoms with Crippen molar-refractivity contribution in [1.29, 1.82) is 0 Å². The molecule has 0 aliphatic heterocycles. The SMILES string of the molecule is Cc1nnnn1[S-]. The van der Waals surface area contributed by atoms with Crippen LogP contribution in [0.4, 0.5) is 0 Å².